The number of aromatic carboxylic acids is 1. The molecule has 0 saturated heterocycles. The molecule has 1 amide bonds. The van der Waals surface area contributed by atoms with Gasteiger partial charge in [-0.15, -0.1) is 17.5 Å². The van der Waals surface area contributed by atoms with E-state index in [9.17, 15) is 33.5 Å². The largest absolute Gasteiger partial charge is 0.477 e. The van der Waals surface area contributed by atoms with Gasteiger partial charge in [-0.2, -0.15) is 0 Å². The molecule has 9 N–H and O–H groups in total. The van der Waals surface area contributed by atoms with Crippen LogP contribution in [0.2, 0.25) is 0 Å². The number of methoxy groups -OCH3 is 1. The number of benzene rings is 2. The number of nitrogens with two attached hydrogens (primary N) is 3. The first kappa shape index (κ1) is 35.6. The van der Waals surface area contributed by atoms with Crippen molar-refractivity contribution in [3.63, 3.8) is 0 Å². The molecule has 0 aliphatic carbocycles. The maximum Gasteiger partial charge on any atom is 0.354 e. The predicted molar refractivity (Wildman–Crippen MR) is 173 cm³/mol. The number of halogens is 2. The molecule has 2 aromatic heterocycles. The summed E-state index contributed by atoms with van der Waals surface area (Å²) in [6.07, 6.45) is 0. The van der Waals surface area contributed by atoms with Gasteiger partial charge in [0.25, 0.3) is 16.8 Å². The van der Waals surface area contributed by atoms with Crippen molar-refractivity contribution < 1.29 is 28.6 Å². The quantitative estimate of drug-likeness (QED) is 0.0969. The van der Waals surface area contributed by atoms with Crippen LogP contribution in [0.1, 0.15) is 61.0 Å². The number of fused-ring (bicyclic) bond motifs is 1. The first-order valence-electron chi connectivity index (χ1n) is 13.5. The van der Waals surface area contributed by atoms with Crippen molar-refractivity contribution in [1.29, 1.82) is 0 Å². The van der Waals surface area contributed by atoms with Crippen LogP contribution >= 0.6 is 12.4 Å². The zero-order chi connectivity index (χ0) is 33.7. The normalized spacial score (nSPS) is 11.1. The molecule has 0 bridgehead atoms. The molecule has 0 radical (unpaired) electrons. The van der Waals surface area contributed by atoms with Crippen LogP contribution in [0, 0.1) is 5.82 Å². The third-order valence-electron chi connectivity index (χ3n) is 6.83. The standard InChI is InChI=1S/C18H17N5O5.C12H12FN3O2.ClH/c1-9(10-3-5-11(6-4-10)18(27)28-2)20-16(24)12-7-13(17(25)26)23-15(21-12)8-14(19)22-23;13-8-2-1-6(4-14)3-7(8)5-16-10-9(15)11(17)12(10)18;/h3-9H,1-2H3,(H2,19,22)(H,20,24)(H,25,26);1-3,16H,4-5,14-15H2;1H/t9-;;/m0../s1. The topological polar surface area (TPSA) is 247 Å². The fourth-order valence-corrected chi connectivity index (χ4v) is 4.30. The number of esters is 1. The summed E-state index contributed by atoms with van der Waals surface area (Å²) in [6, 6.07) is 13.1. The van der Waals surface area contributed by atoms with Gasteiger partial charge in [0.15, 0.2) is 11.3 Å². The number of carboxylic acid groups (broad SMARTS) is 1. The van der Waals surface area contributed by atoms with Gasteiger partial charge in [0, 0.05) is 30.8 Å². The van der Waals surface area contributed by atoms with E-state index in [1.54, 1.807) is 43.3 Å². The van der Waals surface area contributed by atoms with Crippen LogP contribution in [-0.4, -0.2) is 44.7 Å². The molecule has 0 spiro atoms. The van der Waals surface area contributed by atoms with Crippen LogP contribution in [0.3, 0.4) is 0 Å². The van der Waals surface area contributed by atoms with E-state index < -0.39 is 40.6 Å². The van der Waals surface area contributed by atoms with Crippen molar-refractivity contribution in [3.05, 3.63) is 115 Å². The Bertz CT molecular complexity index is 2020. The minimum absolute atomic E-state index is 0. The highest BCUT2D eigenvalue weighted by atomic mass is 35.5. The molecule has 47 heavy (non-hydrogen) atoms. The van der Waals surface area contributed by atoms with Crippen molar-refractivity contribution in [2.75, 3.05) is 23.9 Å². The molecular formula is C30H30ClFN8O7. The van der Waals surface area contributed by atoms with Gasteiger partial charge in [-0.1, -0.05) is 18.2 Å². The molecule has 0 unspecified atom stereocenters. The molecule has 17 heteroatoms. The maximum absolute atomic E-state index is 13.5. The lowest BCUT2D eigenvalue weighted by Crippen LogP contribution is -2.37. The number of amides is 1. The highest BCUT2D eigenvalue weighted by Crippen LogP contribution is 2.17. The van der Waals surface area contributed by atoms with Crippen molar-refractivity contribution in [2.45, 2.75) is 26.1 Å². The Hall–Kier alpha value is -5.87. The average Bonchev–Trinajstić information content (AvgIpc) is 3.44. The molecule has 2 heterocycles. The van der Waals surface area contributed by atoms with Crippen molar-refractivity contribution in [2.24, 2.45) is 5.73 Å². The number of nitrogen functional groups attached to an aromatic ring is 2. The number of nitrogens with one attached hydrogen (secondary N) is 2. The van der Waals surface area contributed by atoms with Crippen LogP contribution < -0.4 is 38.7 Å². The van der Waals surface area contributed by atoms with E-state index >= 15 is 0 Å². The molecule has 246 valence electrons. The SMILES string of the molecule is COC(=O)c1ccc([C@H](C)NC(=O)c2cc(C(=O)O)n3nc(N)cc3n2)cc1.Cl.NCc1ccc(F)c(CNc2c(N)c(=O)c2=O)c1. The summed E-state index contributed by atoms with van der Waals surface area (Å²) in [4.78, 5) is 61.7. The minimum Gasteiger partial charge on any atom is -0.477 e. The second-order valence-corrected chi connectivity index (χ2v) is 9.91. The van der Waals surface area contributed by atoms with Gasteiger partial charge >= 0.3 is 11.9 Å². The van der Waals surface area contributed by atoms with E-state index in [4.69, 9.17) is 17.2 Å². The summed E-state index contributed by atoms with van der Waals surface area (Å²) in [5, 5.41) is 18.6. The Morgan fingerprint density at radius 1 is 1.04 bits per heavy atom. The molecule has 5 rings (SSSR count). The smallest absolute Gasteiger partial charge is 0.354 e. The van der Waals surface area contributed by atoms with Crippen molar-refractivity contribution >= 4 is 53.1 Å². The molecule has 5 aromatic rings. The van der Waals surface area contributed by atoms with E-state index in [0.29, 0.717) is 17.7 Å². The van der Waals surface area contributed by atoms with Crippen LogP contribution in [0.5, 0.6) is 0 Å². The second-order valence-electron chi connectivity index (χ2n) is 9.91. The van der Waals surface area contributed by atoms with E-state index in [-0.39, 0.29) is 53.2 Å². The van der Waals surface area contributed by atoms with Gasteiger partial charge < -0.3 is 37.7 Å². The summed E-state index contributed by atoms with van der Waals surface area (Å²) < 4.78 is 19.2. The van der Waals surface area contributed by atoms with Gasteiger partial charge in [0.05, 0.1) is 18.7 Å². The number of carboxylic acids is 1. The molecule has 0 aliphatic heterocycles. The fraction of sp³-hybridized carbons (Fsp3) is 0.167. The summed E-state index contributed by atoms with van der Waals surface area (Å²) in [5.74, 6) is -2.60. The molecular weight excluding hydrogens is 639 g/mol. The number of ether oxygens (including phenoxy) is 1. The van der Waals surface area contributed by atoms with Crippen LogP contribution in [0.25, 0.3) is 5.65 Å². The molecule has 0 fully saturated rings. The Balaban J connectivity index is 0.000000274. The number of rotatable bonds is 9. The Morgan fingerprint density at radius 3 is 2.32 bits per heavy atom. The molecule has 0 saturated carbocycles. The van der Waals surface area contributed by atoms with Crippen molar-refractivity contribution in [3.8, 4) is 0 Å². The number of carbonyl (C=O) groups is 3. The first-order valence-corrected chi connectivity index (χ1v) is 13.5. The average molecular weight is 669 g/mol. The number of aromatic nitrogens is 3. The number of carbonyl (C=O) groups excluding carboxylic acids is 2. The summed E-state index contributed by atoms with van der Waals surface area (Å²) in [5.41, 5.74) is 17.1. The zero-order valence-corrected chi connectivity index (χ0v) is 25.8. The van der Waals surface area contributed by atoms with Gasteiger partial charge in [-0.05, 0) is 42.3 Å². The minimum atomic E-state index is -1.27. The predicted octanol–water partition coefficient (Wildman–Crippen LogP) is 1.78. The van der Waals surface area contributed by atoms with Crippen LogP contribution in [0.15, 0.2) is 64.2 Å². The van der Waals surface area contributed by atoms with E-state index in [1.807, 2.05) is 0 Å². The first-order chi connectivity index (χ1) is 21.8. The van der Waals surface area contributed by atoms with Gasteiger partial charge in [-0.3, -0.25) is 14.4 Å². The highest BCUT2D eigenvalue weighted by Gasteiger charge is 2.20. The molecule has 0 aliphatic rings. The summed E-state index contributed by atoms with van der Waals surface area (Å²) in [6.45, 7) is 2.13. The highest BCUT2D eigenvalue weighted by molar-refractivity contribution is 5.96. The van der Waals surface area contributed by atoms with E-state index in [1.165, 1.54) is 19.2 Å². The third-order valence-corrected chi connectivity index (χ3v) is 6.83. The third kappa shape index (κ3) is 7.86. The fourth-order valence-electron chi connectivity index (χ4n) is 4.30. The summed E-state index contributed by atoms with van der Waals surface area (Å²) >= 11 is 0. The second kappa shape index (κ2) is 14.9. The van der Waals surface area contributed by atoms with Gasteiger partial charge in [0.2, 0.25) is 0 Å². The monoisotopic (exact) mass is 668 g/mol. The zero-order valence-electron chi connectivity index (χ0n) is 24.9. The van der Waals surface area contributed by atoms with Gasteiger partial charge in [-0.25, -0.2) is 23.5 Å². The van der Waals surface area contributed by atoms with E-state index in [2.05, 4.69) is 25.5 Å². The summed E-state index contributed by atoms with van der Waals surface area (Å²) in [7, 11) is 1.29. The Labute approximate surface area is 271 Å². The Kier molecular flexibility index (Phi) is 11.3. The molecule has 1 atom stereocenters. The number of hydrogen-bond acceptors (Lipinski definition) is 12. The molecule has 3 aromatic carbocycles. The van der Waals surface area contributed by atoms with Crippen molar-refractivity contribution in [1.82, 2.24) is 19.9 Å². The number of hydrogen-bond donors (Lipinski definition) is 6. The lowest BCUT2D eigenvalue weighted by atomic mass is 10.1. The molecule has 15 nitrogen and oxygen atoms in total. The van der Waals surface area contributed by atoms with E-state index in [0.717, 1.165) is 21.7 Å². The van der Waals surface area contributed by atoms with Crippen LogP contribution in [0.4, 0.5) is 21.6 Å². The lowest BCUT2D eigenvalue weighted by molar-refractivity contribution is 0.0599. The maximum atomic E-state index is 13.5. The van der Waals surface area contributed by atoms with Gasteiger partial charge in [0.1, 0.15) is 28.7 Å². The Morgan fingerprint density at radius 2 is 1.72 bits per heavy atom. The number of nitrogens with zero attached hydrogens (tertiary/aromatic N) is 3. The van der Waals surface area contributed by atoms with Crippen LogP contribution in [-0.2, 0) is 17.8 Å². The lowest BCUT2D eigenvalue weighted by Gasteiger charge is -2.15. The number of anilines is 3.